The van der Waals surface area contributed by atoms with Gasteiger partial charge in [-0.15, -0.1) is 12.6 Å². The van der Waals surface area contributed by atoms with Crippen LogP contribution in [0.1, 0.15) is 24.3 Å². The normalized spacial score (nSPS) is 12.8. The predicted octanol–water partition coefficient (Wildman–Crippen LogP) is 3.00. The molecule has 0 radical (unpaired) electrons. The van der Waals surface area contributed by atoms with Crippen molar-refractivity contribution in [3.8, 4) is 0 Å². The van der Waals surface area contributed by atoms with Crippen LogP contribution >= 0.6 is 36.6 Å². The average Bonchev–Trinajstić information content (AvgIpc) is 2.57. The van der Waals surface area contributed by atoms with Crippen LogP contribution in [0.3, 0.4) is 0 Å². The highest BCUT2D eigenvalue weighted by atomic mass is 32.1. The van der Waals surface area contributed by atoms with E-state index in [1.165, 1.54) is 0 Å². The molecular weight excluding hydrogens is 220 g/mol. The largest absolute Gasteiger partial charge is 0.287 e. The molecule has 0 fully saturated rings. The van der Waals surface area contributed by atoms with Gasteiger partial charge in [-0.25, -0.2) is 0 Å². The van der Waals surface area contributed by atoms with E-state index in [0.29, 0.717) is 0 Å². The molecule has 1 rings (SSSR count). The highest BCUT2D eigenvalue weighted by Crippen LogP contribution is 2.25. The van der Waals surface area contributed by atoms with Crippen molar-refractivity contribution in [3.63, 3.8) is 0 Å². The Bertz CT molecular complexity index is 256. The van der Waals surface area contributed by atoms with Crippen molar-refractivity contribution in [3.05, 3.63) is 22.4 Å². The first kappa shape index (κ1) is 11.1. The van der Waals surface area contributed by atoms with E-state index >= 15 is 0 Å². The SMILES string of the molecule is O=C(S)C(CCCS)c1ccsc1. The van der Waals surface area contributed by atoms with Gasteiger partial charge >= 0.3 is 0 Å². The summed E-state index contributed by atoms with van der Waals surface area (Å²) in [6, 6.07) is 1.99. The molecule has 0 amide bonds. The van der Waals surface area contributed by atoms with Crippen LogP contribution in [-0.2, 0) is 4.79 Å². The summed E-state index contributed by atoms with van der Waals surface area (Å²) in [5.41, 5.74) is 1.09. The lowest BCUT2D eigenvalue weighted by atomic mass is 9.99. The van der Waals surface area contributed by atoms with Gasteiger partial charge < -0.3 is 0 Å². The molecule has 1 atom stereocenters. The Hall–Kier alpha value is 0.0700. The number of carbonyl (C=O) groups excluding carboxylic acids is 1. The number of rotatable bonds is 5. The first-order valence-corrected chi connectivity index (χ1v) is 6.13. The van der Waals surface area contributed by atoms with E-state index in [0.717, 1.165) is 24.2 Å². The van der Waals surface area contributed by atoms with E-state index in [-0.39, 0.29) is 11.0 Å². The van der Waals surface area contributed by atoms with Crippen molar-refractivity contribution >= 4 is 41.7 Å². The lowest BCUT2D eigenvalue weighted by molar-refractivity contribution is -0.112. The second-order valence-corrected chi connectivity index (χ2v) is 4.48. The van der Waals surface area contributed by atoms with Gasteiger partial charge in [0.15, 0.2) is 5.12 Å². The van der Waals surface area contributed by atoms with Crippen molar-refractivity contribution in [2.24, 2.45) is 0 Å². The molecule has 1 nitrogen and oxygen atoms in total. The molecule has 0 saturated heterocycles. The molecule has 0 aliphatic heterocycles. The molecule has 13 heavy (non-hydrogen) atoms. The topological polar surface area (TPSA) is 17.1 Å². The zero-order valence-corrected chi connectivity index (χ0v) is 9.75. The number of thiophene rings is 1. The zero-order chi connectivity index (χ0) is 9.68. The summed E-state index contributed by atoms with van der Waals surface area (Å²) in [6.45, 7) is 0. The molecule has 1 unspecified atom stereocenters. The highest BCUT2D eigenvalue weighted by Gasteiger charge is 2.16. The minimum absolute atomic E-state index is 0.0401. The maximum Gasteiger partial charge on any atom is 0.193 e. The molecule has 0 N–H and O–H groups in total. The maximum absolute atomic E-state index is 11.2. The van der Waals surface area contributed by atoms with E-state index in [1.54, 1.807) is 11.3 Å². The molecule has 72 valence electrons. The van der Waals surface area contributed by atoms with Crippen LogP contribution in [-0.4, -0.2) is 10.9 Å². The van der Waals surface area contributed by atoms with Crippen LogP contribution in [0.15, 0.2) is 16.8 Å². The second kappa shape index (κ2) is 5.73. The first-order valence-electron chi connectivity index (χ1n) is 4.11. The third-order valence-electron chi connectivity index (χ3n) is 1.89. The summed E-state index contributed by atoms with van der Waals surface area (Å²) >= 11 is 9.63. The van der Waals surface area contributed by atoms with Crippen molar-refractivity contribution in [2.75, 3.05) is 5.75 Å². The van der Waals surface area contributed by atoms with Crippen LogP contribution in [0.5, 0.6) is 0 Å². The molecule has 0 saturated carbocycles. The molecule has 1 aromatic rings. The van der Waals surface area contributed by atoms with Crippen molar-refractivity contribution in [1.82, 2.24) is 0 Å². The summed E-state index contributed by atoms with van der Waals surface area (Å²) in [5, 5.41) is 3.96. The van der Waals surface area contributed by atoms with Gasteiger partial charge in [-0.1, -0.05) is 0 Å². The summed E-state index contributed by atoms with van der Waals surface area (Å²) in [5.74, 6) is 0.781. The lowest BCUT2D eigenvalue weighted by Crippen LogP contribution is -2.05. The van der Waals surface area contributed by atoms with Crippen molar-refractivity contribution < 1.29 is 4.79 Å². The van der Waals surface area contributed by atoms with Gasteiger partial charge in [-0.05, 0) is 41.0 Å². The summed E-state index contributed by atoms with van der Waals surface area (Å²) < 4.78 is 0. The fraction of sp³-hybridized carbons (Fsp3) is 0.444. The summed E-state index contributed by atoms with van der Waals surface area (Å²) in [4.78, 5) is 11.2. The standard InChI is InChI=1S/C9H12OS3/c10-9(12)8(2-1-4-11)7-3-5-13-6-7/h3,5-6,8,11H,1-2,4H2,(H,10,12). The van der Waals surface area contributed by atoms with Crippen molar-refractivity contribution in [1.29, 1.82) is 0 Å². The Morgan fingerprint density at radius 2 is 2.38 bits per heavy atom. The predicted molar refractivity (Wildman–Crippen MR) is 64.1 cm³/mol. The summed E-state index contributed by atoms with van der Waals surface area (Å²) in [7, 11) is 0. The maximum atomic E-state index is 11.2. The monoisotopic (exact) mass is 232 g/mol. The molecule has 4 heteroatoms. The molecular formula is C9H12OS3. The van der Waals surface area contributed by atoms with Crippen LogP contribution in [0.2, 0.25) is 0 Å². The number of thiol groups is 2. The van der Waals surface area contributed by atoms with Crippen LogP contribution in [0.25, 0.3) is 0 Å². The first-order chi connectivity index (χ1) is 6.25. The Kier molecular flexibility index (Phi) is 4.91. The number of hydrogen-bond acceptors (Lipinski definition) is 3. The van der Waals surface area contributed by atoms with Gasteiger partial charge in [0, 0.05) is 0 Å². The van der Waals surface area contributed by atoms with Crippen LogP contribution < -0.4 is 0 Å². The van der Waals surface area contributed by atoms with E-state index in [2.05, 4.69) is 25.3 Å². The fourth-order valence-corrected chi connectivity index (χ4v) is 2.38. The quantitative estimate of drug-likeness (QED) is 0.746. The average molecular weight is 232 g/mol. The highest BCUT2D eigenvalue weighted by molar-refractivity contribution is 7.96. The van der Waals surface area contributed by atoms with Crippen molar-refractivity contribution in [2.45, 2.75) is 18.8 Å². The third-order valence-corrected chi connectivity index (χ3v) is 3.22. The molecule has 0 aliphatic carbocycles. The molecule has 0 aliphatic rings. The third kappa shape index (κ3) is 3.37. The van der Waals surface area contributed by atoms with Gasteiger partial charge in [0.2, 0.25) is 0 Å². The van der Waals surface area contributed by atoms with Crippen LogP contribution in [0.4, 0.5) is 0 Å². The molecule has 0 spiro atoms. The van der Waals surface area contributed by atoms with E-state index in [9.17, 15) is 4.79 Å². The lowest BCUT2D eigenvalue weighted by Gasteiger charge is -2.09. The minimum Gasteiger partial charge on any atom is -0.287 e. The van der Waals surface area contributed by atoms with Gasteiger partial charge in [-0.2, -0.15) is 24.0 Å². The van der Waals surface area contributed by atoms with Gasteiger partial charge in [0.1, 0.15) is 0 Å². The van der Waals surface area contributed by atoms with Gasteiger partial charge in [-0.3, -0.25) is 4.79 Å². The van der Waals surface area contributed by atoms with E-state index < -0.39 is 0 Å². The number of hydrogen-bond donors (Lipinski definition) is 2. The Morgan fingerprint density at radius 1 is 1.62 bits per heavy atom. The molecule has 1 aromatic heterocycles. The zero-order valence-electron chi connectivity index (χ0n) is 7.14. The Labute approximate surface area is 93.4 Å². The molecule has 0 bridgehead atoms. The van der Waals surface area contributed by atoms with Crippen LogP contribution in [0, 0.1) is 0 Å². The smallest absolute Gasteiger partial charge is 0.193 e. The molecule has 1 heterocycles. The molecule has 0 aromatic carbocycles. The summed E-state index contributed by atoms with van der Waals surface area (Å²) in [6.07, 6.45) is 1.80. The van der Waals surface area contributed by atoms with E-state index in [1.807, 2.05) is 16.8 Å². The van der Waals surface area contributed by atoms with E-state index in [4.69, 9.17) is 0 Å². The minimum atomic E-state index is -0.0415. The number of carbonyl (C=O) groups is 1. The second-order valence-electron chi connectivity index (χ2n) is 2.81. The van der Waals surface area contributed by atoms with Gasteiger partial charge in [0.25, 0.3) is 0 Å². The fourth-order valence-electron chi connectivity index (χ4n) is 1.20. The van der Waals surface area contributed by atoms with Gasteiger partial charge in [0.05, 0.1) is 5.92 Å². The Balaban J connectivity index is 2.63. The Morgan fingerprint density at radius 3 is 2.85 bits per heavy atom.